The fraction of sp³-hybridized carbons (Fsp3) is 0.111. The quantitative estimate of drug-likeness (QED) is 0.772. The Morgan fingerprint density at radius 2 is 1.76 bits per heavy atom. The molecule has 0 radical (unpaired) electrons. The smallest absolute Gasteiger partial charge is 0.271 e. The molecule has 0 bridgehead atoms. The predicted molar refractivity (Wildman–Crippen MR) is 85.9 cm³/mol. The summed E-state index contributed by atoms with van der Waals surface area (Å²) in [6.07, 6.45) is 1.75. The van der Waals surface area contributed by atoms with Gasteiger partial charge in [0.25, 0.3) is 5.91 Å². The third-order valence-corrected chi connectivity index (χ3v) is 3.54. The average Bonchev–Trinajstić information content (AvgIpc) is 3.04. The highest BCUT2D eigenvalue weighted by atomic mass is 19.1. The first-order valence-electron chi connectivity index (χ1n) is 7.56. The summed E-state index contributed by atoms with van der Waals surface area (Å²) in [5, 5.41) is 6.65. The van der Waals surface area contributed by atoms with Crippen LogP contribution in [0.15, 0.2) is 54.7 Å². The van der Waals surface area contributed by atoms with Crippen molar-refractivity contribution in [2.45, 2.75) is 6.42 Å². The van der Waals surface area contributed by atoms with Gasteiger partial charge in [0.1, 0.15) is 23.1 Å². The molecule has 0 aliphatic carbocycles. The number of para-hydroxylation sites is 1. The van der Waals surface area contributed by atoms with Crippen LogP contribution in [0.5, 0.6) is 0 Å². The molecule has 4 nitrogen and oxygen atoms in total. The second kappa shape index (κ2) is 7.21. The largest absolute Gasteiger partial charge is 0.350 e. The van der Waals surface area contributed by atoms with Crippen LogP contribution in [0.1, 0.15) is 16.1 Å². The molecule has 0 aliphatic heterocycles. The molecule has 0 fully saturated rings. The van der Waals surface area contributed by atoms with Gasteiger partial charge in [-0.2, -0.15) is 5.10 Å². The van der Waals surface area contributed by atoms with E-state index < -0.39 is 23.4 Å². The van der Waals surface area contributed by atoms with Crippen LogP contribution in [0.4, 0.5) is 13.2 Å². The van der Waals surface area contributed by atoms with Crippen molar-refractivity contribution < 1.29 is 18.0 Å². The topological polar surface area (TPSA) is 46.9 Å². The molecular weight excluding hydrogens is 331 g/mol. The Morgan fingerprint density at radius 3 is 2.48 bits per heavy atom. The maximum atomic E-state index is 13.7. The van der Waals surface area contributed by atoms with E-state index in [-0.39, 0.29) is 24.3 Å². The SMILES string of the molecule is O=C(NCCc1cc(F)cc(F)c1)c1ccn(-c2ccccc2F)n1. The fourth-order valence-corrected chi connectivity index (χ4v) is 2.38. The number of hydrogen-bond donors (Lipinski definition) is 1. The summed E-state index contributed by atoms with van der Waals surface area (Å²) in [6.45, 7) is 0.189. The van der Waals surface area contributed by atoms with Crippen LogP contribution in [-0.4, -0.2) is 22.2 Å². The summed E-state index contributed by atoms with van der Waals surface area (Å²) in [7, 11) is 0. The van der Waals surface area contributed by atoms with E-state index in [9.17, 15) is 18.0 Å². The number of aromatic nitrogens is 2. The van der Waals surface area contributed by atoms with E-state index in [1.54, 1.807) is 18.2 Å². The summed E-state index contributed by atoms with van der Waals surface area (Å²) in [6, 6.07) is 10.7. The zero-order valence-corrected chi connectivity index (χ0v) is 13.0. The number of benzene rings is 2. The maximum absolute atomic E-state index is 13.7. The van der Waals surface area contributed by atoms with Gasteiger partial charge in [-0.05, 0) is 42.3 Å². The van der Waals surface area contributed by atoms with E-state index in [0.29, 0.717) is 5.56 Å². The molecule has 0 saturated heterocycles. The first-order valence-corrected chi connectivity index (χ1v) is 7.56. The highest BCUT2D eigenvalue weighted by Crippen LogP contribution is 2.12. The molecule has 1 heterocycles. The molecule has 1 N–H and O–H groups in total. The molecule has 0 spiro atoms. The van der Waals surface area contributed by atoms with Crippen LogP contribution < -0.4 is 5.32 Å². The summed E-state index contributed by atoms with van der Waals surface area (Å²) in [4.78, 5) is 12.1. The van der Waals surface area contributed by atoms with E-state index in [0.717, 1.165) is 6.07 Å². The zero-order chi connectivity index (χ0) is 17.8. The summed E-state index contributed by atoms with van der Waals surface area (Å²) >= 11 is 0. The monoisotopic (exact) mass is 345 g/mol. The number of rotatable bonds is 5. The molecule has 1 amide bonds. The number of hydrogen-bond acceptors (Lipinski definition) is 2. The number of nitrogens with one attached hydrogen (secondary N) is 1. The van der Waals surface area contributed by atoms with E-state index in [2.05, 4.69) is 10.4 Å². The summed E-state index contributed by atoms with van der Waals surface area (Å²) < 4.78 is 41.2. The maximum Gasteiger partial charge on any atom is 0.271 e. The van der Waals surface area contributed by atoms with Crippen molar-refractivity contribution in [1.29, 1.82) is 0 Å². The lowest BCUT2D eigenvalue weighted by molar-refractivity contribution is 0.0948. The zero-order valence-electron chi connectivity index (χ0n) is 13.0. The van der Waals surface area contributed by atoms with Gasteiger partial charge < -0.3 is 5.32 Å². The average molecular weight is 345 g/mol. The second-order valence-electron chi connectivity index (χ2n) is 5.38. The van der Waals surface area contributed by atoms with E-state index in [4.69, 9.17) is 0 Å². The molecule has 7 heteroatoms. The van der Waals surface area contributed by atoms with E-state index in [1.165, 1.54) is 35.1 Å². The van der Waals surface area contributed by atoms with Crippen LogP contribution in [0.25, 0.3) is 5.69 Å². The first kappa shape index (κ1) is 16.8. The van der Waals surface area contributed by atoms with Crippen LogP contribution >= 0.6 is 0 Å². The summed E-state index contributed by atoms with van der Waals surface area (Å²) in [5.74, 6) is -2.23. The van der Waals surface area contributed by atoms with Crippen molar-refractivity contribution in [3.8, 4) is 5.69 Å². The minimum absolute atomic E-state index is 0.119. The summed E-state index contributed by atoms with van der Waals surface area (Å²) in [5.41, 5.74) is 0.792. The number of carbonyl (C=O) groups is 1. The van der Waals surface area contributed by atoms with Crippen molar-refractivity contribution >= 4 is 5.91 Å². The normalized spacial score (nSPS) is 10.7. The van der Waals surface area contributed by atoms with Gasteiger partial charge in [-0.25, -0.2) is 17.9 Å². The Balaban J connectivity index is 1.61. The van der Waals surface area contributed by atoms with Gasteiger partial charge >= 0.3 is 0 Å². The van der Waals surface area contributed by atoms with Crippen molar-refractivity contribution in [3.05, 3.63) is 83.4 Å². The highest BCUT2D eigenvalue weighted by molar-refractivity contribution is 5.92. The van der Waals surface area contributed by atoms with Gasteiger partial charge in [0.2, 0.25) is 0 Å². The minimum Gasteiger partial charge on any atom is -0.350 e. The lowest BCUT2D eigenvalue weighted by Gasteiger charge is -2.05. The number of nitrogens with zero attached hydrogens (tertiary/aromatic N) is 2. The van der Waals surface area contributed by atoms with Crippen molar-refractivity contribution in [3.63, 3.8) is 0 Å². The minimum atomic E-state index is -0.662. The Bertz CT molecular complexity index is 888. The molecule has 25 heavy (non-hydrogen) atoms. The molecule has 0 saturated carbocycles. The third kappa shape index (κ3) is 4.06. The molecule has 3 aromatic rings. The molecule has 2 aromatic carbocycles. The van der Waals surface area contributed by atoms with Crippen LogP contribution in [0, 0.1) is 17.5 Å². The van der Waals surface area contributed by atoms with Crippen molar-refractivity contribution in [2.24, 2.45) is 0 Å². The molecule has 128 valence electrons. The van der Waals surface area contributed by atoms with Gasteiger partial charge in [0, 0.05) is 18.8 Å². The first-order chi connectivity index (χ1) is 12.0. The van der Waals surface area contributed by atoms with Gasteiger partial charge in [0.05, 0.1) is 0 Å². The lowest BCUT2D eigenvalue weighted by Crippen LogP contribution is -2.26. The van der Waals surface area contributed by atoms with Crippen molar-refractivity contribution in [1.82, 2.24) is 15.1 Å². The predicted octanol–water partition coefficient (Wildman–Crippen LogP) is 3.26. The molecule has 0 unspecified atom stereocenters. The van der Waals surface area contributed by atoms with Gasteiger partial charge in [0.15, 0.2) is 5.69 Å². The molecule has 0 atom stereocenters. The third-order valence-electron chi connectivity index (χ3n) is 3.54. The van der Waals surface area contributed by atoms with E-state index >= 15 is 0 Å². The fourth-order valence-electron chi connectivity index (χ4n) is 2.38. The van der Waals surface area contributed by atoms with Crippen LogP contribution in [-0.2, 0) is 6.42 Å². The molecule has 1 aromatic heterocycles. The standard InChI is InChI=1S/C18H14F3N3O/c19-13-9-12(10-14(20)11-13)5-7-22-18(25)16-6-8-24(23-16)17-4-2-1-3-15(17)21/h1-4,6,8-11H,5,7H2,(H,22,25). The van der Waals surface area contributed by atoms with Crippen LogP contribution in [0.3, 0.4) is 0 Å². The van der Waals surface area contributed by atoms with Gasteiger partial charge in [-0.15, -0.1) is 0 Å². The highest BCUT2D eigenvalue weighted by Gasteiger charge is 2.11. The number of halogens is 3. The Kier molecular flexibility index (Phi) is 4.83. The van der Waals surface area contributed by atoms with Crippen molar-refractivity contribution in [2.75, 3.05) is 6.54 Å². The number of amides is 1. The van der Waals surface area contributed by atoms with E-state index in [1.807, 2.05) is 0 Å². The Hall–Kier alpha value is -3.09. The van der Waals surface area contributed by atoms with Gasteiger partial charge in [-0.1, -0.05) is 12.1 Å². The molecular formula is C18H14F3N3O. The molecule has 0 aliphatic rings. The second-order valence-corrected chi connectivity index (χ2v) is 5.38. The van der Waals surface area contributed by atoms with Crippen LogP contribution in [0.2, 0.25) is 0 Å². The Morgan fingerprint density at radius 1 is 1.04 bits per heavy atom. The lowest BCUT2D eigenvalue weighted by atomic mass is 10.1. The number of carbonyl (C=O) groups excluding carboxylic acids is 1. The van der Waals surface area contributed by atoms with Gasteiger partial charge in [-0.3, -0.25) is 4.79 Å². The Labute approximate surface area is 141 Å². The molecule has 3 rings (SSSR count).